The highest BCUT2D eigenvalue weighted by molar-refractivity contribution is 7.89. The Bertz CT molecular complexity index is 918. The maximum absolute atomic E-state index is 12.8. The molecular weight excluding hydrogens is 360 g/mol. The first-order valence-electron chi connectivity index (χ1n) is 8.07. The van der Waals surface area contributed by atoms with Gasteiger partial charge in [-0.25, -0.2) is 13.4 Å². The number of rotatable bonds is 5. The molecule has 26 heavy (non-hydrogen) atoms. The molecule has 0 N–H and O–H groups in total. The molecule has 1 atom stereocenters. The quantitative estimate of drug-likeness (QED) is 0.576. The third-order valence-corrected chi connectivity index (χ3v) is 5.91. The largest absolute Gasteiger partial charge is 0.473 e. The van der Waals surface area contributed by atoms with E-state index in [-0.39, 0.29) is 23.2 Å². The number of benzene rings is 1. The molecule has 0 radical (unpaired) electrons. The molecule has 1 aliphatic heterocycles. The molecule has 0 spiro atoms. The number of ether oxygens (including phenoxy) is 1. The average Bonchev–Trinajstić information content (AvgIpc) is 2.62. The normalized spacial score (nSPS) is 18.4. The van der Waals surface area contributed by atoms with Gasteiger partial charge in [-0.05, 0) is 25.8 Å². The molecule has 10 heteroatoms. The fraction of sp³-hybridized carbons (Fsp3) is 0.375. The highest BCUT2D eigenvalue weighted by atomic mass is 32.2. The summed E-state index contributed by atoms with van der Waals surface area (Å²) in [6, 6.07) is 6.69. The summed E-state index contributed by atoms with van der Waals surface area (Å²) < 4.78 is 32.8. The second kappa shape index (κ2) is 7.34. The number of piperidine rings is 1. The predicted molar refractivity (Wildman–Crippen MR) is 92.3 cm³/mol. The third kappa shape index (κ3) is 3.97. The highest BCUT2D eigenvalue weighted by Crippen LogP contribution is 2.25. The zero-order chi connectivity index (χ0) is 18.7. The summed E-state index contributed by atoms with van der Waals surface area (Å²) in [7, 11) is -3.84. The van der Waals surface area contributed by atoms with Crippen molar-refractivity contribution in [3.8, 4) is 5.88 Å². The molecule has 1 fully saturated rings. The van der Waals surface area contributed by atoms with E-state index >= 15 is 0 Å². The lowest BCUT2D eigenvalue weighted by Crippen LogP contribution is -2.44. The number of nitrogens with zero attached hydrogens (tertiary/aromatic N) is 4. The van der Waals surface area contributed by atoms with E-state index in [1.165, 1.54) is 22.5 Å². The van der Waals surface area contributed by atoms with E-state index in [1.54, 1.807) is 19.2 Å². The summed E-state index contributed by atoms with van der Waals surface area (Å²) >= 11 is 0. The number of aryl methyl sites for hydroxylation is 1. The number of sulfonamides is 1. The standard InChI is InChI=1S/C16H18N4O5S/c1-12-17-8-7-16(18-12)25-14-5-3-9-19(11-14)26(23,24)15-6-2-4-13(10-15)20(21)22/h2,4,6-8,10,14H,3,5,9,11H2,1H3. The van der Waals surface area contributed by atoms with Crippen molar-refractivity contribution in [2.75, 3.05) is 13.1 Å². The van der Waals surface area contributed by atoms with Gasteiger partial charge < -0.3 is 4.74 Å². The molecule has 1 unspecified atom stereocenters. The Morgan fingerprint density at radius 1 is 1.35 bits per heavy atom. The van der Waals surface area contributed by atoms with Crippen LogP contribution in [0.5, 0.6) is 5.88 Å². The molecule has 1 aromatic carbocycles. The van der Waals surface area contributed by atoms with E-state index in [9.17, 15) is 18.5 Å². The van der Waals surface area contributed by atoms with Gasteiger partial charge in [-0.1, -0.05) is 6.07 Å². The maximum Gasteiger partial charge on any atom is 0.270 e. The predicted octanol–water partition coefficient (Wildman–Crippen LogP) is 1.93. The SMILES string of the molecule is Cc1nccc(OC2CCCN(S(=O)(=O)c3cccc([N+](=O)[O-])c3)C2)n1. The Labute approximate surface area is 150 Å². The van der Waals surface area contributed by atoms with E-state index in [0.717, 1.165) is 6.07 Å². The van der Waals surface area contributed by atoms with Crippen LogP contribution in [0.25, 0.3) is 0 Å². The van der Waals surface area contributed by atoms with Gasteiger partial charge in [0, 0.05) is 30.9 Å². The molecule has 2 heterocycles. The second-order valence-electron chi connectivity index (χ2n) is 5.94. The van der Waals surface area contributed by atoms with Crippen LogP contribution in [0.3, 0.4) is 0 Å². The zero-order valence-electron chi connectivity index (χ0n) is 14.1. The molecule has 0 saturated carbocycles. The van der Waals surface area contributed by atoms with E-state index in [0.29, 0.717) is 31.1 Å². The minimum absolute atomic E-state index is 0.0924. The Morgan fingerprint density at radius 2 is 2.15 bits per heavy atom. The van der Waals surface area contributed by atoms with E-state index < -0.39 is 14.9 Å². The lowest BCUT2D eigenvalue weighted by Gasteiger charge is -2.31. The van der Waals surface area contributed by atoms with Crippen LogP contribution in [0.4, 0.5) is 5.69 Å². The monoisotopic (exact) mass is 378 g/mol. The highest BCUT2D eigenvalue weighted by Gasteiger charge is 2.32. The summed E-state index contributed by atoms with van der Waals surface area (Å²) in [5.74, 6) is 0.969. The Hall–Kier alpha value is -2.59. The fourth-order valence-corrected chi connectivity index (χ4v) is 4.35. The van der Waals surface area contributed by atoms with Gasteiger partial charge in [-0.3, -0.25) is 10.1 Å². The number of nitro benzene ring substituents is 1. The number of aromatic nitrogens is 2. The molecule has 138 valence electrons. The fourth-order valence-electron chi connectivity index (χ4n) is 2.80. The van der Waals surface area contributed by atoms with Gasteiger partial charge in [0.05, 0.1) is 16.4 Å². The minimum atomic E-state index is -3.84. The van der Waals surface area contributed by atoms with Crippen molar-refractivity contribution < 1.29 is 18.1 Å². The van der Waals surface area contributed by atoms with Crippen LogP contribution < -0.4 is 4.74 Å². The minimum Gasteiger partial charge on any atom is -0.473 e. The lowest BCUT2D eigenvalue weighted by atomic mass is 10.1. The first kappa shape index (κ1) is 18.2. The number of hydrogen-bond donors (Lipinski definition) is 0. The van der Waals surface area contributed by atoms with E-state index in [1.807, 2.05) is 0 Å². The van der Waals surface area contributed by atoms with Crippen molar-refractivity contribution in [1.82, 2.24) is 14.3 Å². The molecule has 2 aromatic rings. The number of nitro groups is 1. The van der Waals surface area contributed by atoms with Crippen molar-refractivity contribution in [2.24, 2.45) is 0 Å². The molecule has 0 amide bonds. The molecule has 0 bridgehead atoms. The molecule has 1 saturated heterocycles. The van der Waals surface area contributed by atoms with Gasteiger partial charge in [-0.15, -0.1) is 0 Å². The molecule has 1 aliphatic rings. The average molecular weight is 378 g/mol. The summed E-state index contributed by atoms with van der Waals surface area (Å²) in [4.78, 5) is 18.4. The van der Waals surface area contributed by atoms with E-state index in [2.05, 4.69) is 9.97 Å². The van der Waals surface area contributed by atoms with Crippen LogP contribution in [0, 0.1) is 17.0 Å². The van der Waals surface area contributed by atoms with Gasteiger partial charge in [0.15, 0.2) is 0 Å². The first-order valence-corrected chi connectivity index (χ1v) is 9.51. The van der Waals surface area contributed by atoms with Gasteiger partial charge in [0.2, 0.25) is 15.9 Å². The number of non-ortho nitro benzene ring substituents is 1. The second-order valence-corrected chi connectivity index (χ2v) is 7.88. The van der Waals surface area contributed by atoms with Crippen molar-refractivity contribution in [1.29, 1.82) is 0 Å². The van der Waals surface area contributed by atoms with Crippen LogP contribution in [0.15, 0.2) is 41.4 Å². The molecule has 1 aromatic heterocycles. The smallest absolute Gasteiger partial charge is 0.270 e. The summed E-state index contributed by atoms with van der Waals surface area (Å²) in [5, 5.41) is 10.9. The number of hydrogen-bond acceptors (Lipinski definition) is 7. The van der Waals surface area contributed by atoms with Crippen molar-refractivity contribution in [3.63, 3.8) is 0 Å². The van der Waals surface area contributed by atoms with Crippen LogP contribution in [-0.2, 0) is 10.0 Å². The van der Waals surface area contributed by atoms with Crippen molar-refractivity contribution in [3.05, 3.63) is 52.5 Å². The maximum atomic E-state index is 12.8. The topological polar surface area (TPSA) is 116 Å². The van der Waals surface area contributed by atoms with E-state index in [4.69, 9.17) is 4.74 Å². The zero-order valence-corrected chi connectivity index (χ0v) is 14.9. The van der Waals surface area contributed by atoms with Crippen LogP contribution in [0.2, 0.25) is 0 Å². The molecule has 3 rings (SSSR count). The van der Waals surface area contributed by atoms with Crippen molar-refractivity contribution in [2.45, 2.75) is 30.8 Å². The van der Waals surface area contributed by atoms with Crippen LogP contribution in [-0.4, -0.2) is 46.8 Å². The van der Waals surface area contributed by atoms with Gasteiger partial charge in [0.25, 0.3) is 5.69 Å². The van der Waals surface area contributed by atoms with Crippen molar-refractivity contribution >= 4 is 15.7 Å². The van der Waals surface area contributed by atoms with Gasteiger partial charge >= 0.3 is 0 Å². The Balaban J connectivity index is 1.78. The molecule has 9 nitrogen and oxygen atoms in total. The summed E-state index contributed by atoms with van der Waals surface area (Å²) in [6.45, 7) is 2.24. The lowest BCUT2D eigenvalue weighted by molar-refractivity contribution is -0.385. The van der Waals surface area contributed by atoms with Gasteiger partial charge in [-0.2, -0.15) is 9.29 Å². The summed E-state index contributed by atoms with van der Waals surface area (Å²) in [6.07, 6.45) is 2.57. The Morgan fingerprint density at radius 3 is 2.88 bits per heavy atom. The molecule has 0 aliphatic carbocycles. The Kier molecular flexibility index (Phi) is 5.14. The third-order valence-electron chi connectivity index (χ3n) is 4.04. The van der Waals surface area contributed by atoms with Crippen LogP contribution >= 0.6 is 0 Å². The first-order chi connectivity index (χ1) is 12.4. The molecular formula is C16H18N4O5S. The summed E-state index contributed by atoms with van der Waals surface area (Å²) in [5.41, 5.74) is -0.257. The van der Waals surface area contributed by atoms with Gasteiger partial charge in [0.1, 0.15) is 11.9 Å². The van der Waals surface area contributed by atoms with Crippen LogP contribution in [0.1, 0.15) is 18.7 Å².